The van der Waals surface area contributed by atoms with Gasteiger partial charge in [0.2, 0.25) is 0 Å². The SMILES string of the molecule is CC1(c2ccccn2)NC(=O)N(CCOc2ccc(F)cc2)C1=O. The van der Waals surface area contributed by atoms with E-state index in [0.717, 1.165) is 4.90 Å². The van der Waals surface area contributed by atoms with Gasteiger partial charge >= 0.3 is 6.03 Å². The molecule has 124 valence electrons. The number of halogens is 1. The highest BCUT2D eigenvalue weighted by Gasteiger charge is 2.49. The molecule has 7 heteroatoms. The minimum absolute atomic E-state index is 0.0878. The Hall–Kier alpha value is -2.96. The molecule has 1 aromatic carbocycles. The summed E-state index contributed by atoms with van der Waals surface area (Å²) in [6.07, 6.45) is 1.57. The van der Waals surface area contributed by atoms with Gasteiger partial charge in [-0.3, -0.25) is 14.7 Å². The first-order valence-electron chi connectivity index (χ1n) is 7.45. The zero-order valence-electron chi connectivity index (χ0n) is 13.0. The molecule has 1 saturated heterocycles. The van der Waals surface area contributed by atoms with Crippen molar-refractivity contribution in [1.29, 1.82) is 0 Å². The number of nitrogens with zero attached hydrogens (tertiary/aromatic N) is 2. The summed E-state index contributed by atoms with van der Waals surface area (Å²) in [5.74, 6) is -0.271. The van der Waals surface area contributed by atoms with Crippen LogP contribution in [0.1, 0.15) is 12.6 Å². The zero-order chi connectivity index (χ0) is 17.2. The average Bonchev–Trinajstić information content (AvgIpc) is 2.81. The van der Waals surface area contributed by atoms with Gasteiger partial charge in [-0.05, 0) is 43.3 Å². The van der Waals surface area contributed by atoms with Crippen molar-refractivity contribution in [2.45, 2.75) is 12.5 Å². The third-order valence-corrected chi connectivity index (χ3v) is 3.85. The molecule has 6 nitrogen and oxygen atoms in total. The van der Waals surface area contributed by atoms with Crippen molar-refractivity contribution < 1.29 is 18.7 Å². The van der Waals surface area contributed by atoms with Crippen molar-refractivity contribution in [3.63, 3.8) is 0 Å². The normalized spacial score (nSPS) is 20.2. The lowest BCUT2D eigenvalue weighted by Crippen LogP contribution is -2.42. The van der Waals surface area contributed by atoms with E-state index in [9.17, 15) is 14.0 Å². The lowest BCUT2D eigenvalue weighted by Gasteiger charge is -2.20. The molecule has 0 bridgehead atoms. The maximum absolute atomic E-state index is 12.8. The molecule has 0 radical (unpaired) electrons. The summed E-state index contributed by atoms with van der Waals surface area (Å²) in [6, 6.07) is 10.2. The lowest BCUT2D eigenvalue weighted by molar-refractivity contribution is -0.131. The highest BCUT2D eigenvalue weighted by atomic mass is 19.1. The van der Waals surface area contributed by atoms with Gasteiger partial charge in [0, 0.05) is 6.20 Å². The van der Waals surface area contributed by atoms with E-state index in [0.29, 0.717) is 11.4 Å². The van der Waals surface area contributed by atoms with Crippen molar-refractivity contribution in [3.8, 4) is 5.75 Å². The van der Waals surface area contributed by atoms with Gasteiger partial charge in [0.1, 0.15) is 18.2 Å². The highest BCUT2D eigenvalue weighted by molar-refractivity contribution is 6.06. The third-order valence-electron chi connectivity index (χ3n) is 3.85. The topological polar surface area (TPSA) is 71.5 Å². The molecule has 24 heavy (non-hydrogen) atoms. The van der Waals surface area contributed by atoms with Crippen LogP contribution in [-0.4, -0.2) is 35.0 Å². The van der Waals surface area contributed by atoms with E-state index in [4.69, 9.17) is 4.74 Å². The van der Waals surface area contributed by atoms with E-state index in [1.54, 1.807) is 31.3 Å². The molecule has 3 amide bonds. The molecular formula is C17H16FN3O3. The number of hydrogen-bond acceptors (Lipinski definition) is 4. The first-order chi connectivity index (χ1) is 11.5. The van der Waals surface area contributed by atoms with E-state index in [1.807, 2.05) is 0 Å². The van der Waals surface area contributed by atoms with E-state index in [1.165, 1.54) is 24.3 Å². The molecule has 1 unspecified atom stereocenters. The third kappa shape index (κ3) is 2.92. The zero-order valence-corrected chi connectivity index (χ0v) is 13.0. The fourth-order valence-electron chi connectivity index (χ4n) is 2.52. The summed E-state index contributed by atoms with van der Waals surface area (Å²) in [5, 5.41) is 2.67. The van der Waals surface area contributed by atoms with Gasteiger partial charge in [-0.25, -0.2) is 9.18 Å². The predicted octanol–water partition coefficient (Wildman–Crippen LogP) is 2.07. The van der Waals surface area contributed by atoms with Crippen LogP contribution in [0.25, 0.3) is 0 Å². The average molecular weight is 329 g/mol. The molecule has 1 aliphatic heterocycles. The van der Waals surface area contributed by atoms with E-state index in [-0.39, 0.29) is 24.9 Å². The molecule has 2 aromatic rings. The minimum Gasteiger partial charge on any atom is -0.492 e. The standard InChI is InChI=1S/C17H16FN3O3/c1-17(14-4-2-3-9-19-14)15(22)21(16(23)20-17)10-11-24-13-7-5-12(18)6-8-13/h2-9H,10-11H2,1H3,(H,20,23). The maximum Gasteiger partial charge on any atom is 0.325 e. The molecule has 3 rings (SSSR count). The molecule has 0 spiro atoms. The van der Waals surface area contributed by atoms with Crippen LogP contribution < -0.4 is 10.1 Å². The van der Waals surface area contributed by atoms with E-state index < -0.39 is 11.6 Å². The van der Waals surface area contributed by atoms with Crippen molar-refractivity contribution in [2.24, 2.45) is 0 Å². The smallest absolute Gasteiger partial charge is 0.325 e. The van der Waals surface area contributed by atoms with Crippen LogP contribution in [0.15, 0.2) is 48.7 Å². The molecule has 1 atom stereocenters. The molecular weight excluding hydrogens is 313 g/mol. The lowest BCUT2D eigenvalue weighted by atomic mass is 9.97. The Balaban J connectivity index is 1.65. The molecule has 1 aliphatic rings. The Bertz CT molecular complexity index is 751. The van der Waals surface area contributed by atoms with Crippen LogP contribution in [0.3, 0.4) is 0 Å². The van der Waals surface area contributed by atoms with Gasteiger partial charge in [-0.15, -0.1) is 0 Å². The monoisotopic (exact) mass is 329 g/mol. The van der Waals surface area contributed by atoms with Gasteiger partial charge in [-0.2, -0.15) is 0 Å². The van der Waals surface area contributed by atoms with Crippen LogP contribution in [-0.2, 0) is 10.3 Å². The molecule has 0 aliphatic carbocycles. The van der Waals surface area contributed by atoms with Crippen LogP contribution in [0, 0.1) is 5.82 Å². The number of carbonyl (C=O) groups excluding carboxylic acids is 2. The molecule has 1 aromatic heterocycles. The number of ether oxygens (including phenoxy) is 1. The first-order valence-corrected chi connectivity index (χ1v) is 7.45. The van der Waals surface area contributed by atoms with Crippen LogP contribution >= 0.6 is 0 Å². The predicted molar refractivity (Wildman–Crippen MR) is 83.7 cm³/mol. The largest absolute Gasteiger partial charge is 0.492 e. The molecule has 0 saturated carbocycles. The van der Waals surface area contributed by atoms with Crippen molar-refractivity contribution in [3.05, 3.63) is 60.2 Å². The van der Waals surface area contributed by atoms with Crippen LogP contribution in [0.2, 0.25) is 0 Å². The fourth-order valence-corrected chi connectivity index (χ4v) is 2.52. The second-order valence-electron chi connectivity index (χ2n) is 5.53. The van der Waals surface area contributed by atoms with E-state index in [2.05, 4.69) is 10.3 Å². The summed E-state index contributed by atoms with van der Waals surface area (Å²) in [7, 11) is 0. The number of benzene rings is 1. The summed E-state index contributed by atoms with van der Waals surface area (Å²) in [5.41, 5.74) is -0.709. The number of rotatable bonds is 5. The summed E-state index contributed by atoms with van der Waals surface area (Å²) in [4.78, 5) is 30.0. The Morgan fingerprint density at radius 2 is 1.96 bits per heavy atom. The number of nitrogens with one attached hydrogen (secondary N) is 1. The highest BCUT2D eigenvalue weighted by Crippen LogP contribution is 2.27. The Morgan fingerprint density at radius 3 is 2.62 bits per heavy atom. The van der Waals surface area contributed by atoms with Gasteiger partial charge < -0.3 is 10.1 Å². The minimum atomic E-state index is -1.19. The molecule has 1 fully saturated rings. The summed E-state index contributed by atoms with van der Waals surface area (Å²) >= 11 is 0. The van der Waals surface area contributed by atoms with E-state index >= 15 is 0 Å². The van der Waals surface area contributed by atoms with Gasteiger partial charge in [-0.1, -0.05) is 6.07 Å². The molecule has 2 heterocycles. The number of carbonyl (C=O) groups is 2. The maximum atomic E-state index is 12.8. The van der Waals surface area contributed by atoms with Gasteiger partial charge in [0.05, 0.1) is 12.2 Å². The number of urea groups is 1. The number of amides is 3. The van der Waals surface area contributed by atoms with Crippen LogP contribution in [0.4, 0.5) is 9.18 Å². The number of aromatic nitrogens is 1. The number of hydrogen-bond donors (Lipinski definition) is 1. The first kappa shape index (κ1) is 15.9. The summed E-state index contributed by atoms with van der Waals surface area (Å²) in [6.45, 7) is 1.82. The van der Waals surface area contributed by atoms with Gasteiger partial charge in [0.15, 0.2) is 5.54 Å². The Kier molecular flexibility index (Phi) is 4.16. The Labute approximate surface area is 138 Å². The van der Waals surface area contributed by atoms with Gasteiger partial charge in [0.25, 0.3) is 5.91 Å². The van der Waals surface area contributed by atoms with Crippen LogP contribution in [0.5, 0.6) is 5.75 Å². The van der Waals surface area contributed by atoms with Crippen molar-refractivity contribution in [2.75, 3.05) is 13.2 Å². The number of imide groups is 1. The van der Waals surface area contributed by atoms with Crippen molar-refractivity contribution >= 4 is 11.9 Å². The number of pyridine rings is 1. The second-order valence-corrected chi connectivity index (χ2v) is 5.53. The van der Waals surface area contributed by atoms with Crippen molar-refractivity contribution in [1.82, 2.24) is 15.2 Å². The Morgan fingerprint density at radius 1 is 1.21 bits per heavy atom. The summed E-state index contributed by atoms with van der Waals surface area (Å²) < 4.78 is 18.3. The second kappa shape index (κ2) is 6.27. The molecule has 1 N–H and O–H groups in total. The quantitative estimate of drug-likeness (QED) is 0.853. The fraction of sp³-hybridized carbons (Fsp3) is 0.235.